The van der Waals surface area contributed by atoms with Crippen LogP contribution < -0.4 is 16.0 Å². The third-order valence-electron chi connectivity index (χ3n) is 3.39. The maximum atomic E-state index is 11.2. The van der Waals surface area contributed by atoms with E-state index in [2.05, 4.69) is 32.0 Å². The monoisotopic (exact) mass is 344 g/mol. The molecule has 3 N–H and O–H groups in total. The van der Waals surface area contributed by atoms with E-state index in [0.717, 1.165) is 11.4 Å². The van der Waals surface area contributed by atoms with Gasteiger partial charge in [0.05, 0.1) is 11.6 Å². The van der Waals surface area contributed by atoms with E-state index in [1.165, 1.54) is 13.3 Å². The van der Waals surface area contributed by atoms with E-state index in [-0.39, 0.29) is 5.91 Å². The number of aromatic nitrogens is 2. The summed E-state index contributed by atoms with van der Waals surface area (Å²) < 4.78 is 0. The van der Waals surface area contributed by atoms with E-state index >= 15 is 0 Å². The van der Waals surface area contributed by atoms with E-state index in [4.69, 9.17) is 5.26 Å². The van der Waals surface area contributed by atoms with Crippen molar-refractivity contribution in [3.63, 3.8) is 0 Å². The molecule has 1 heterocycles. The van der Waals surface area contributed by atoms with Gasteiger partial charge in [0.1, 0.15) is 18.0 Å². The summed E-state index contributed by atoms with van der Waals surface area (Å²) in [5, 5.41) is 18.0. The highest BCUT2D eigenvalue weighted by Gasteiger charge is 2.03. The molecule has 0 radical (unpaired) electrons. The van der Waals surface area contributed by atoms with Crippen molar-refractivity contribution in [3.8, 4) is 6.07 Å². The predicted octanol–water partition coefficient (Wildman–Crippen LogP) is 3.79. The van der Waals surface area contributed by atoms with Crippen molar-refractivity contribution in [3.05, 3.63) is 66.5 Å². The third-order valence-corrected chi connectivity index (χ3v) is 3.39. The first-order valence-electron chi connectivity index (χ1n) is 7.86. The molecule has 3 rings (SSSR count). The molecule has 0 aliphatic rings. The summed E-state index contributed by atoms with van der Waals surface area (Å²) in [6.07, 6.45) is 1.44. The van der Waals surface area contributed by atoms with Crippen molar-refractivity contribution in [2.75, 3.05) is 16.0 Å². The molecule has 1 amide bonds. The summed E-state index contributed by atoms with van der Waals surface area (Å²) in [6, 6.07) is 18.3. The lowest BCUT2D eigenvalue weighted by Gasteiger charge is -2.10. The molecular weight excluding hydrogens is 328 g/mol. The number of nitrogens with zero attached hydrogens (tertiary/aromatic N) is 3. The van der Waals surface area contributed by atoms with Crippen LogP contribution >= 0.6 is 0 Å². The third kappa shape index (κ3) is 4.55. The molecule has 0 aliphatic carbocycles. The molecule has 0 fully saturated rings. The van der Waals surface area contributed by atoms with E-state index in [1.54, 1.807) is 24.3 Å². The highest BCUT2D eigenvalue weighted by atomic mass is 16.1. The highest BCUT2D eigenvalue weighted by Crippen LogP contribution is 2.21. The lowest BCUT2D eigenvalue weighted by molar-refractivity contribution is -0.114. The van der Waals surface area contributed by atoms with Crippen LogP contribution in [0.2, 0.25) is 0 Å². The molecule has 7 heteroatoms. The van der Waals surface area contributed by atoms with Gasteiger partial charge in [-0.3, -0.25) is 4.79 Å². The van der Waals surface area contributed by atoms with Crippen LogP contribution in [0, 0.1) is 11.3 Å². The van der Waals surface area contributed by atoms with Crippen LogP contribution in [0.4, 0.5) is 28.7 Å². The fourth-order valence-corrected chi connectivity index (χ4v) is 2.33. The molecule has 0 saturated heterocycles. The molecule has 26 heavy (non-hydrogen) atoms. The summed E-state index contributed by atoms with van der Waals surface area (Å²) >= 11 is 0. The summed E-state index contributed by atoms with van der Waals surface area (Å²) in [5.41, 5.74) is 2.81. The van der Waals surface area contributed by atoms with Gasteiger partial charge in [-0.2, -0.15) is 5.26 Å². The maximum Gasteiger partial charge on any atom is 0.221 e. The maximum absolute atomic E-state index is 11.2. The number of hydrogen-bond donors (Lipinski definition) is 3. The Morgan fingerprint density at radius 3 is 2.19 bits per heavy atom. The van der Waals surface area contributed by atoms with Crippen molar-refractivity contribution in [1.82, 2.24) is 9.97 Å². The lowest BCUT2D eigenvalue weighted by atomic mass is 10.2. The van der Waals surface area contributed by atoms with Crippen LogP contribution in [-0.2, 0) is 4.79 Å². The van der Waals surface area contributed by atoms with E-state index in [1.807, 2.05) is 30.3 Å². The molecular formula is C19H16N6O. The molecule has 0 aliphatic heterocycles. The number of anilines is 5. The van der Waals surface area contributed by atoms with Gasteiger partial charge >= 0.3 is 0 Å². The van der Waals surface area contributed by atoms with Crippen LogP contribution in [-0.4, -0.2) is 15.9 Å². The zero-order valence-corrected chi connectivity index (χ0v) is 14.0. The van der Waals surface area contributed by atoms with Gasteiger partial charge in [-0.1, -0.05) is 12.1 Å². The molecule has 1 aromatic heterocycles. The largest absolute Gasteiger partial charge is 0.340 e. The standard InChI is InChI=1S/C19H16N6O/c1-13(26)23-16-6-3-7-17(9-16)25-19-10-18(21-12-22-19)24-15-5-2-4-14(8-15)11-20/h2-10,12H,1H3,(H,23,26)(H2,21,22,24,25). The van der Waals surface area contributed by atoms with Gasteiger partial charge in [-0.15, -0.1) is 0 Å². The number of nitrogens with one attached hydrogen (secondary N) is 3. The number of carbonyl (C=O) groups is 1. The average Bonchev–Trinajstić information content (AvgIpc) is 2.62. The van der Waals surface area contributed by atoms with E-state index in [0.29, 0.717) is 22.9 Å². The Balaban J connectivity index is 1.75. The van der Waals surface area contributed by atoms with Gasteiger partial charge in [0.2, 0.25) is 5.91 Å². The van der Waals surface area contributed by atoms with Crippen LogP contribution in [0.15, 0.2) is 60.9 Å². The number of nitriles is 1. The normalized spacial score (nSPS) is 9.85. The Hall–Kier alpha value is -3.92. The van der Waals surface area contributed by atoms with Crippen LogP contribution in [0.1, 0.15) is 12.5 Å². The van der Waals surface area contributed by atoms with Gasteiger partial charge in [0, 0.05) is 30.1 Å². The zero-order valence-electron chi connectivity index (χ0n) is 14.0. The topological polar surface area (TPSA) is 103 Å². The van der Waals surface area contributed by atoms with Gasteiger partial charge in [-0.05, 0) is 36.4 Å². The molecule has 0 saturated carbocycles. The summed E-state index contributed by atoms with van der Waals surface area (Å²) in [4.78, 5) is 19.6. The summed E-state index contributed by atoms with van der Waals surface area (Å²) in [7, 11) is 0. The second-order valence-electron chi connectivity index (χ2n) is 5.49. The minimum absolute atomic E-state index is 0.129. The Morgan fingerprint density at radius 1 is 0.923 bits per heavy atom. The first kappa shape index (κ1) is 16.9. The van der Waals surface area contributed by atoms with Gasteiger partial charge in [0.25, 0.3) is 0 Å². The van der Waals surface area contributed by atoms with E-state index < -0.39 is 0 Å². The smallest absolute Gasteiger partial charge is 0.221 e. The number of carbonyl (C=O) groups excluding carboxylic acids is 1. The predicted molar refractivity (Wildman–Crippen MR) is 101 cm³/mol. The van der Waals surface area contributed by atoms with Crippen molar-refractivity contribution >= 4 is 34.6 Å². The molecule has 0 atom stereocenters. The number of benzene rings is 2. The van der Waals surface area contributed by atoms with Crippen molar-refractivity contribution in [1.29, 1.82) is 5.26 Å². The fourth-order valence-electron chi connectivity index (χ4n) is 2.33. The van der Waals surface area contributed by atoms with Crippen molar-refractivity contribution in [2.24, 2.45) is 0 Å². The molecule has 0 bridgehead atoms. The summed E-state index contributed by atoms with van der Waals surface area (Å²) in [5.74, 6) is 1.06. The molecule has 3 aromatic rings. The summed E-state index contributed by atoms with van der Waals surface area (Å²) in [6.45, 7) is 1.46. The number of rotatable bonds is 5. The van der Waals surface area contributed by atoms with Crippen LogP contribution in [0.5, 0.6) is 0 Å². The first-order chi connectivity index (χ1) is 12.6. The molecule has 128 valence electrons. The average molecular weight is 344 g/mol. The lowest BCUT2D eigenvalue weighted by Crippen LogP contribution is -2.06. The van der Waals surface area contributed by atoms with Crippen LogP contribution in [0.3, 0.4) is 0 Å². The minimum Gasteiger partial charge on any atom is -0.340 e. The zero-order chi connectivity index (χ0) is 18.4. The SMILES string of the molecule is CC(=O)Nc1cccc(Nc2cc(Nc3cccc(C#N)c3)ncn2)c1. The Bertz CT molecular complexity index is 980. The van der Waals surface area contributed by atoms with E-state index in [9.17, 15) is 4.79 Å². The van der Waals surface area contributed by atoms with Crippen molar-refractivity contribution < 1.29 is 4.79 Å². The molecule has 0 unspecified atom stereocenters. The van der Waals surface area contributed by atoms with Crippen molar-refractivity contribution in [2.45, 2.75) is 6.92 Å². The molecule has 0 spiro atoms. The first-order valence-corrected chi connectivity index (χ1v) is 7.86. The minimum atomic E-state index is -0.129. The van der Waals surface area contributed by atoms with Gasteiger partial charge in [0.15, 0.2) is 0 Å². The second-order valence-corrected chi connectivity index (χ2v) is 5.49. The second kappa shape index (κ2) is 7.77. The Labute approximate surface area is 150 Å². The number of hydrogen-bond acceptors (Lipinski definition) is 6. The fraction of sp³-hybridized carbons (Fsp3) is 0.0526. The highest BCUT2D eigenvalue weighted by molar-refractivity contribution is 5.89. The Morgan fingerprint density at radius 2 is 1.54 bits per heavy atom. The molecule has 2 aromatic carbocycles. The quantitative estimate of drug-likeness (QED) is 0.650. The van der Waals surface area contributed by atoms with Gasteiger partial charge < -0.3 is 16.0 Å². The number of amides is 1. The van der Waals surface area contributed by atoms with Gasteiger partial charge in [-0.25, -0.2) is 9.97 Å². The Kier molecular flexibility index (Phi) is 5.05. The molecule has 7 nitrogen and oxygen atoms in total. The van der Waals surface area contributed by atoms with Crippen LogP contribution in [0.25, 0.3) is 0 Å².